The van der Waals surface area contributed by atoms with E-state index in [-0.39, 0.29) is 11.8 Å². The second-order valence-electron chi connectivity index (χ2n) is 7.86. The third kappa shape index (κ3) is 3.22. The number of aromatic nitrogens is 4. The highest BCUT2D eigenvalue weighted by Crippen LogP contribution is 2.38. The number of fused-ring (bicyclic) bond motifs is 1. The maximum Gasteiger partial charge on any atom is 0.328 e. The first-order chi connectivity index (χ1) is 14.5. The molecule has 1 aromatic carbocycles. The Morgan fingerprint density at radius 1 is 1.10 bits per heavy atom. The molecule has 2 aliphatic rings. The van der Waals surface area contributed by atoms with Crippen molar-refractivity contribution >= 4 is 5.91 Å². The molecule has 0 aliphatic carbocycles. The smallest absolute Gasteiger partial charge is 0.328 e. The lowest BCUT2D eigenvalue weighted by molar-refractivity contribution is 0.0654. The predicted molar refractivity (Wildman–Crippen MR) is 109 cm³/mol. The first-order valence-corrected chi connectivity index (χ1v) is 9.98. The Bertz CT molecular complexity index is 1210. The number of nitrogens with zero attached hydrogens (tertiary/aromatic N) is 2. The molecule has 1 fully saturated rings. The molecule has 2 aliphatic heterocycles. The molecule has 1 amide bonds. The van der Waals surface area contributed by atoms with E-state index in [1.54, 1.807) is 11.0 Å². The minimum Gasteiger partial charge on any atom is -0.471 e. The third-order valence-corrected chi connectivity index (χ3v) is 5.88. The van der Waals surface area contributed by atoms with Crippen molar-refractivity contribution in [1.82, 2.24) is 25.1 Å². The Labute approximate surface area is 171 Å². The van der Waals surface area contributed by atoms with Crippen LogP contribution in [0.1, 0.15) is 35.3 Å². The Morgan fingerprint density at radius 2 is 1.93 bits per heavy atom. The minimum absolute atomic E-state index is 0.108. The Kier molecular flexibility index (Phi) is 4.30. The van der Waals surface area contributed by atoms with E-state index in [0.717, 1.165) is 17.7 Å². The van der Waals surface area contributed by atoms with E-state index in [1.165, 1.54) is 0 Å². The number of nitrogens with one attached hydrogen (secondary N) is 3. The van der Waals surface area contributed by atoms with Crippen molar-refractivity contribution in [3.05, 3.63) is 68.5 Å². The van der Waals surface area contributed by atoms with Gasteiger partial charge in [0.25, 0.3) is 11.5 Å². The number of ether oxygens (including phenoxy) is 1. The Balaban J connectivity index is 1.31. The van der Waals surface area contributed by atoms with Gasteiger partial charge in [-0.15, -0.1) is 0 Å². The summed E-state index contributed by atoms with van der Waals surface area (Å²) in [6.45, 7) is 1.08. The normalized spacial score (nSPS) is 20.6. The van der Waals surface area contributed by atoms with Gasteiger partial charge in [0.1, 0.15) is 11.3 Å². The number of hydrogen-bond acceptors (Lipinski definition) is 5. The maximum absolute atomic E-state index is 13.0. The van der Waals surface area contributed by atoms with Gasteiger partial charge in [-0.2, -0.15) is 5.10 Å². The van der Waals surface area contributed by atoms with Gasteiger partial charge in [0.2, 0.25) is 5.88 Å². The highest BCUT2D eigenvalue weighted by molar-refractivity contribution is 5.93. The molecule has 0 bridgehead atoms. The average molecular weight is 407 g/mol. The van der Waals surface area contributed by atoms with Crippen LogP contribution in [-0.2, 0) is 6.42 Å². The molecule has 4 heterocycles. The highest BCUT2D eigenvalue weighted by Gasteiger charge is 2.43. The van der Waals surface area contributed by atoms with E-state index < -0.39 is 16.9 Å². The first-order valence-electron chi connectivity index (χ1n) is 9.98. The number of aromatic amines is 3. The van der Waals surface area contributed by atoms with Crippen molar-refractivity contribution in [2.24, 2.45) is 0 Å². The number of H-pyrrole nitrogens is 3. The van der Waals surface area contributed by atoms with Crippen molar-refractivity contribution in [1.29, 1.82) is 0 Å². The second kappa shape index (κ2) is 7.01. The van der Waals surface area contributed by atoms with Gasteiger partial charge in [-0.05, 0) is 18.9 Å². The summed E-state index contributed by atoms with van der Waals surface area (Å²) in [6, 6.07) is 11.4. The molecule has 2 aromatic heterocycles. The molecule has 0 radical (unpaired) electrons. The Morgan fingerprint density at radius 3 is 2.77 bits per heavy atom. The highest BCUT2D eigenvalue weighted by atomic mass is 16.5. The van der Waals surface area contributed by atoms with Crippen LogP contribution < -0.4 is 16.0 Å². The van der Waals surface area contributed by atoms with Gasteiger partial charge in [0.05, 0.1) is 11.3 Å². The fourth-order valence-corrected chi connectivity index (χ4v) is 4.32. The maximum atomic E-state index is 13.0. The molecule has 5 rings (SSSR count). The molecular formula is C21H21N5O4. The summed E-state index contributed by atoms with van der Waals surface area (Å²) in [5.74, 6) is 0.146. The number of likely N-dealkylation sites (tertiary alicyclic amines) is 1. The summed E-state index contributed by atoms with van der Waals surface area (Å²) in [4.78, 5) is 43.3. The summed E-state index contributed by atoms with van der Waals surface area (Å²) in [6.07, 6.45) is 2.44. The zero-order valence-corrected chi connectivity index (χ0v) is 16.2. The van der Waals surface area contributed by atoms with Gasteiger partial charge >= 0.3 is 5.69 Å². The molecule has 3 aromatic rings. The summed E-state index contributed by atoms with van der Waals surface area (Å²) in [5.41, 5.74) is 1.03. The van der Waals surface area contributed by atoms with E-state index in [4.69, 9.17) is 4.74 Å². The van der Waals surface area contributed by atoms with Gasteiger partial charge in [0.15, 0.2) is 0 Å². The number of rotatable bonds is 2. The van der Waals surface area contributed by atoms with Gasteiger partial charge < -0.3 is 9.64 Å². The molecule has 0 unspecified atom stereocenters. The summed E-state index contributed by atoms with van der Waals surface area (Å²) in [5, 5.41) is 7.13. The fourth-order valence-electron chi connectivity index (χ4n) is 4.32. The van der Waals surface area contributed by atoms with Crippen LogP contribution in [0.4, 0.5) is 0 Å². The topological polar surface area (TPSA) is 124 Å². The van der Waals surface area contributed by atoms with Crippen molar-refractivity contribution in [2.75, 3.05) is 13.1 Å². The zero-order chi connectivity index (χ0) is 20.7. The molecule has 9 nitrogen and oxygen atoms in total. The van der Waals surface area contributed by atoms with Crippen LogP contribution in [0.15, 0.2) is 46.0 Å². The molecule has 3 N–H and O–H groups in total. The van der Waals surface area contributed by atoms with Gasteiger partial charge in [-0.3, -0.25) is 24.7 Å². The number of benzene rings is 1. The average Bonchev–Trinajstić information content (AvgIpc) is 3.31. The standard InChI is InChI=1S/C21H21N5O4/c27-17-14-12-21(30-18(14)23-20(29)22-17)7-4-9-26(10-8-21)19(28)16-11-15(24-25-16)13-5-2-1-3-6-13/h1-3,5-6,11H,4,7-10,12H2,(H,24,25)(H2,22,23,27,29)/t21-/m1/s1. The first kappa shape index (κ1) is 18.4. The molecule has 1 spiro atoms. The molecular weight excluding hydrogens is 386 g/mol. The summed E-state index contributed by atoms with van der Waals surface area (Å²) < 4.78 is 6.04. The van der Waals surface area contributed by atoms with Gasteiger partial charge in [-0.1, -0.05) is 30.3 Å². The Hall–Kier alpha value is -3.62. The molecule has 30 heavy (non-hydrogen) atoms. The molecule has 9 heteroatoms. The monoisotopic (exact) mass is 407 g/mol. The summed E-state index contributed by atoms with van der Waals surface area (Å²) >= 11 is 0. The third-order valence-electron chi connectivity index (χ3n) is 5.88. The van der Waals surface area contributed by atoms with E-state index >= 15 is 0 Å². The van der Waals surface area contributed by atoms with Crippen molar-refractivity contribution < 1.29 is 9.53 Å². The number of carbonyl (C=O) groups excluding carboxylic acids is 1. The number of amides is 1. The largest absolute Gasteiger partial charge is 0.471 e. The second-order valence-corrected chi connectivity index (χ2v) is 7.86. The lowest BCUT2D eigenvalue weighted by Crippen LogP contribution is -2.37. The number of carbonyl (C=O) groups is 1. The van der Waals surface area contributed by atoms with E-state index in [2.05, 4.69) is 20.2 Å². The fraction of sp³-hybridized carbons (Fsp3) is 0.333. The minimum atomic E-state index is -0.574. The van der Waals surface area contributed by atoms with Crippen LogP contribution in [0, 0.1) is 0 Å². The van der Waals surface area contributed by atoms with Crippen LogP contribution in [-0.4, -0.2) is 49.7 Å². The predicted octanol–water partition coefficient (Wildman–Crippen LogP) is 1.45. The van der Waals surface area contributed by atoms with Crippen LogP contribution in [0.2, 0.25) is 0 Å². The quantitative estimate of drug-likeness (QED) is 0.593. The zero-order valence-electron chi connectivity index (χ0n) is 16.2. The van der Waals surface area contributed by atoms with Crippen LogP contribution in [0.5, 0.6) is 5.88 Å². The SMILES string of the molecule is O=C(c1cc(-c2ccccc2)n[nH]1)N1CCC[C@@]2(CC1)Cc1c([nH]c(=O)[nH]c1=O)O2. The molecule has 1 saturated heterocycles. The van der Waals surface area contributed by atoms with Gasteiger partial charge in [0, 0.05) is 31.5 Å². The van der Waals surface area contributed by atoms with Crippen LogP contribution >= 0.6 is 0 Å². The van der Waals surface area contributed by atoms with E-state index in [0.29, 0.717) is 43.6 Å². The van der Waals surface area contributed by atoms with Crippen LogP contribution in [0.3, 0.4) is 0 Å². The molecule has 154 valence electrons. The van der Waals surface area contributed by atoms with Crippen molar-refractivity contribution in [2.45, 2.75) is 31.3 Å². The molecule has 0 saturated carbocycles. The van der Waals surface area contributed by atoms with Crippen molar-refractivity contribution in [3.63, 3.8) is 0 Å². The van der Waals surface area contributed by atoms with E-state index in [1.807, 2.05) is 30.3 Å². The lowest BCUT2D eigenvalue weighted by Gasteiger charge is -2.27. The van der Waals surface area contributed by atoms with E-state index in [9.17, 15) is 14.4 Å². The lowest BCUT2D eigenvalue weighted by atomic mass is 9.90. The van der Waals surface area contributed by atoms with Crippen LogP contribution in [0.25, 0.3) is 11.3 Å². The van der Waals surface area contributed by atoms with Gasteiger partial charge in [-0.25, -0.2) is 4.79 Å². The number of hydrogen-bond donors (Lipinski definition) is 3. The molecule has 1 atom stereocenters. The summed E-state index contributed by atoms with van der Waals surface area (Å²) in [7, 11) is 0. The van der Waals surface area contributed by atoms with Crippen molar-refractivity contribution in [3.8, 4) is 17.1 Å².